The number of hydrogen-bond donors (Lipinski definition) is 1. The molecule has 0 bridgehead atoms. The van der Waals surface area contributed by atoms with Crippen molar-refractivity contribution in [2.24, 2.45) is 5.73 Å². The molecule has 224 valence electrons. The van der Waals surface area contributed by atoms with Crippen LogP contribution in [0.2, 0.25) is 23.2 Å². The van der Waals surface area contributed by atoms with E-state index in [9.17, 15) is 8.78 Å². The highest BCUT2D eigenvalue weighted by molar-refractivity contribution is 6.74. The second kappa shape index (κ2) is 10.9. The molecule has 0 radical (unpaired) electrons. The maximum Gasteiger partial charge on any atom is 0.387 e. The Kier molecular flexibility index (Phi) is 7.93. The van der Waals surface area contributed by atoms with Crippen LogP contribution in [0.4, 0.5) is 13.2 Å². The van der Waals surface area contributed by atoms with Gasteiger partial charge in [-0.05, 0) is 42.4 Å². The average Bonchev–Trinajstić information content (AvgIpc) is 3.42. The lowest BCUT2D eigenvalue weighted by Crippen LogP contribution is -2.41. The van der Waals surface area contributed by atoms with Crippen molar-refractivity contribution in [3.63, 3.8) is 0 Å². The van der Waals surface area contributed by atoms with Gasteiger partial charge in [0.25, 0.3) is 0 Å². The maximum atomic E-state index is 18.2. The van der Waals surface area contributed by atoms with E-state index < -0.39 is 32.7 Å². The van der Waals surface area contributed by atoms with Gasteiger partial charge in [0.1, 0.15) is 17.4 Å². The van der Waals surface area contributed by atoms with Gasteiger partial charge in [0.05, 0.1) is 33.7 Å². The van der Waals surface area contributed by atoms with Gasteiger partial charge in [0, 0.05) is 24.3 Å². The number of benzene rings is 2. The molecule has 7 nitrogen and oxygen atoms in total. The van der Waals surface area contributed by atoms with Crippen LogP contribution in [0.5, 0.6) is 5.75 Å². The lowest BCUT2D eigenvalue weighted by molar-refractivity contribution is -0.0500. The molecular formula is C30H35ClF3N5O2Si. The maximum absolute atomic E-state index is 18.2. The smallest absolute Gasteiger partial charge is 0.387 e. The molecule has 2 aromatic carbocycles. The fraction of sp³-hybridized carbons (Fsp3) is 0.433. The molecule has 0 aliphatic carbocycles. The molecule has 12 heteroatoms. The van der Waals surface area contributed by atoms with Gasteiger partial charge in [-0.2, -0.15) is 8.78 Å². The van der Waals surface area contributed by atoms with Crippen molar-refractivity contribution in [2.45, 2.75) is 76.1 Å². The summed E-state index contributed by atoms with van der Waals surface area (Å²) in [7, 11) is -2.03. The van der Waals surface area contributed by atoms with E-state index in [1.807, 2.05) is 6.92 Å². The summed E-state index contributed by atoms with van der Waals surface area (Å²) in [5.41, 5.74) is 8.03. The largest absolute Gasteiger partial charge is 0.433 e. The zero-order valence-corrected chi connectivity index (χ0v) is 26.2. The number of rotatable bonds is 8. The Balaban J connectivity index is 1.62. The zero-order chi connectivity index (χ0) is 30.6. The van der Waals surface area contributed by atoms with Crippen molar-refractivity contribution >= 4 is 31.0 Å². The third-order valence-electron chi connectivity index (χ3n) is 8.49. The van der Waals surface area contributed by atoms with Gasteiger partial charge in [-0.3, -0.25) is 4.57 Å². The molecule has 0 spiro atoms. The minimum atomic E-state index is -3.14. The van der Waals surface area contributed by atoms with Crippen molar-refractivity contribution in [3.8, 4) is 5.75 Å². The number of ether oxygens (including phenoxy) is 1. The van der Waals surface area contributed by atoms with Crippen LogP contribution < -0.4 is 10.5 Å². The molecule has 0 amide bonds. The van der Waals surface area contributed by atoms with E-state index in [2.05, 4.69) is 48.6 Å². The quantitative estimate of drug-likeness (QED) is 0.204. The number of imidazole rings is 1. The van der Waals surface area contributed by atoms with E-state index in [-0.39, 0.29) is 33.1 Å². The molecule has 4 aromatic rings. The lowest BCUT2D eigenvalue weighted by atomic mass is 9.85. The number of alkyl halides is 3. The highest BCUT2D eigenvalue weighted by Crippen LogP contribution is 2.56. The van der Waals surface area contributed by atoms with Crippen LogP contribution in [0.15, 0.2) is 54.7 Å². The zero-order valence-electron chi connectivity index (χ0n) is 24.4. The van der Waals surface area contributed by atoms with Gasteiger partial charge in [0.2, 0.25) is 5.79 Å². The fourth-order valence-electron chi connectivity index (χ4n) is 5.20. The lowest BCUT2D eigenvalue weighted by Gasteiger charge is -2.37. The number of aromatic nitrogens is 4. The molecule has 2 unspecified atom stereocenters. The summed E-state index contributed by atoms with van der Waals surface area (Å²) >= 11 is 6.59. The highest BCUT2D eigenvalue weighted by Gasteiger charge is 2.57. The SMILES string of the molecule is CC(CO[Si](C)(C)C(C)(C)C)c1nccc(C2[C@@H](N)c3nc4ccccc4n3[C@]2(F)c2cccc(OC(F)F)c2Cl)n1. The minimum Gasteiger partial charge on any atom is -0.433 e. The number of nitrogens with two attached hydrogens (primary N) is 1. The molecule has 3 heterocycles. The first-order valence-electron chi connectivity index (χ1n) is 13.8. The Morgan fingerprint density at radius 3 is 2.50 bits per heavy atom. The third-order valence-corrected chi connectivity index (χ3v) is 13.4. The summed E-state index contributed by atoms with van der Waals surface area (Å²) in [6.45, 7) is 10.1. The van der Waals surface area contributed by atoms with Crippen molar-refractivity contribution < 1.29 is 22.3 Å². The molecule has 0 saturated heterocycles. The van der Waals surface area contributed by atoms with Crippen molar-refractivity contribution in [2.75, 3.05) is 6.61 Å². The van der Waals surface area contributed by atoms with E-state index >= 15 is 4.39 Å². The predicted octanol–water partition coefficient (Wildman–Crippen LogP) is 7.67. The van der Waals surface area contributed by atoms with Crippen LogP contribution in [0.25, 0.3) is 11.0 Å². The number of hydrogen-bond acceptors (Lipinski definition) is 6. The molecule has 42 heavy (non-hydrogen) atoms. The first-order chi connectivity index (χ1) is 19.7. The number of halogens is 4. The second-order valence-corrected chi connectivity index (χ2v) is 17.5. The summed E-state index contributed by atoms with van der Waals surface area (Å²) in [6.07, 6.45) is 1.57. The highest BCUT2D eigenvalue weighted by atomic mass is 35.5. The first kappa shape index (κ1) is 30.5. The van der Waals surface area contributed by atoms with Crippen LogP contribution in [0.1, 0.15) is 68.5 Å². The van der Waals surface area contributed by atoms with E-state index in [0.717, 1.165) is 0 Å². The van der Waals surface area contributed by atoms with Gasteiger partial charge in [0.15, 0.2) is 8.32 Å². The average molecular weight is 618 g/mol. The molecule has 2 N–H and O–H groups in total. The standard InChI is InChI=1S/C30H35ClF3N5O2Si/c1-17(16-40-42(5,6)29(2,3)4)26-36-15-14-20(37-26)23-25(35)27-38-19-11-7-8-12-21(19)39(27)30(23,34)18-10-9-13-22(24(18)31)41-28(32)33/h7-15,17,23,25,28H,16,35H2,1-6H3/t17?,23?,25-,30-/m1/s1. The third kappa shape index (κ3) is 5.10. The monoisotopic (exact) mass is 617 g/mol. The topological polar surface area (TPSA) is 88.1 Å². The summed E-state index contributed by atoms with van der Waals surface area (Å²) in [5.74, 6) is -3.32. The second-order valence-electron chi connectivity index (χ2n) is 12.3. The van der Waals surface area contributed by atoms with Crippen LogP contribution >= 0.6 is 11.6 Å². The Hall–Kier alpha value is -2.99. The first-order valence-corrected chi connectivity index (χ1v) is 17.1. The Morgan fingerprint density at radius 1 is 1.10 bits per heavy atom. The van der Waals surface area contributed by atoms with Crippen molar-refractivity contribution in [3.05, 3.63) is 82.7 Å². The van der Waals surface area contributed by atoms with Crippen molar-refractivity contribution in [1.29, 1.82) is 0 Å². The van der Waals surface area contributed by atoms with Gasteiger partial charge < -0.3 is 14.9 Å². The minimum absolute atomic E-state index is 0.0327. The Morgan fingerprint density at radius 2 is 1.81 bits per heavy atom. The predicted molar refractivity (Wildman–Crippen MR) is 159 cm³/mol. The van der Waals surface area contributed by atoms with Gasteiger partial charge in [-0.1, -0.05) is 63.6 Å². The molecule has 1 aliphatic heterocycles. The van der Waals surface area contributed by atoms with E-state index in [1.54, 1.807) is 36.5 Å². The summed E-state index contributed by atoms with van der Waals surface area (Å²) < 4.78 is 57.0. The number of nitrogens with zero attached hydrogens (tertiary/aromatic N) is 4. The molecule has 0 saturated carbocycles. The molecular weight excluding hydrogens is 583 g/mol. The summed E-state index contributed by atoms with van der Waals surface area (Å²) in [5, 5.41) is -0.251. The number of para-hydroxylation sites is 2. The molecule has 4 atom stereocenters. The van der Waals surface area contributed by atoms with Crippen LogP contribution in [0.3, 0.4) is 0 Å². The van der Waals surface area contributed by atoms with E-state index in [4.69, 9.17) is 26.7 Å². The van der Waals surface area contributed by atoms with Crippen LogP contribution in [0, 0.1) is 0 Å². The van der Waals surface area contributed by atoms with E-state index in [1.165, 1.54) is 22.8 Å². The number of fused-ring (bicyclic) bond motifs is 3. The molecule has 5 rings (SSSR count). The Labute approximate surface area is 249 Å². The Bertz CT molecular complexity index is 1610. The van der Waals surface area contributed by atoms with Gasteiger partial charge >= 0.3 is 6.61 Å². The molecule has 2 aromatic heterocycles. The van der Waals surface area contributed by atoms with Gasteiger partial charge in [-0.25, -0.2) is 19.3 Å². The summed E-state index contributed by atoms with van der Waals surface area (Å²) in [6, 6.07) is 11.9. The van der Waals surface area contributed by atoms with Crippen LogP contribution in [-0.2, 0) is 10.2 Å². The van der Waals surface area contributed by atoms with Crippen LogP contribution in [-0.4, -0.2) is 41.1 Å². The van der Waals surface area contributed by atoms with Crippen molar-refractivity contribution in [1.82, 2.24) is 19.5 Å². The van der Waals surface area contributed by atoms with Gasteiger partial charge in [-0.15, -0.1) is 0 Å². The fourth-order valence-corrected chi connectivity index (χ4v) is 6.60. The summed E-state index contributed by atoms with van der Waals surface area (Å²) in [4.78, 5) is 13.9. The normalized spacial score (nSPS) is 21.6. The van der Waals surface area contributed by atoms with E-state index in [0.29, 0.717) is 29.2 Å². The molecule has 1 aliphatic rings. The molecule has 0 fully saturated rings.